The van der Waals surface area contributed by atoms with Crippen molar-refractivity contribution in [3.8, 4) is 0 Å². The van der Waals surface area contributed by atoms with Crippen molar-refractivity contribution < 1.29 is 14.3 Å². The van der Waals surface area contributed by atoms with Crippen LogP contribution in [0, 0.1) is 0 Å². The van der Waals surface area contributed by atoms with E-state index in [-0.39, 0.29) is 11.6 Å². The Bertz CT molecular complexity index is 455. The van der Waals surface area contributed by atoms with E-state index in [1.54, 1.807) is 14.0 Å². The number of ether oxygens (including phenoxy) is 2. The molecule has 0 aromatic carbocycles. The molecular formula is C14H24N2O3S. The molecule has 0 radical (unpaired) electrons. The number of anilines is 1. The van der Waals surface area contributed by atoms with Crippen LogP contribution in [0.25, 0.3) is 0 Å². The molecule has 6 heteroatoms. The minimum absolute atomic E-state index is 0.255. The van der Waals surface area contributed by atoms with E-state index in [0.717, 1.165) is 10.8 Å². The van der Waals surface area contributed by atoms with E-state index in [9.17, 15) is 4.79 Å². The van der Waals surface area contributed by atoms with E-state index in [1.807, 2.05) is 33.1 Å². The molecule has 0 bridgehead atoms. The van der Waals surface area contributed by atoms with Gasteiger partial charge in [-0.25, -0.2) is 4.98 Å². The first-order valence-corrected chi connectivity index (χ1v) is 7.53. The maximum absolute atomic E-state index is 11.9. The standard InChI is InChI=1S/C14H24N2O3S/c1-7-19-11(17)14(4,5)10-8-20-12(16-10)15-9-13(2,3)18-6/h8H,7,9H2,1-6H3,(H,15,16). The van der Waals surface area contributed by atoms with Crippen LogP contribution in [0.4, 0.5) is 5.13 Å². The number of methoxy groups -OCH3 is 1. The first kappa shape index (κ1) is 16.9. The highest BCUT2D eigenvalue weighted by Crippen LogP contribution is 2.28. The molecule has 0 spiro atoms. The predicted octanol–water partition coefficient (Wildman–Crippen LogP) is 2.82. The van der Waals surface area contributed by atoms with Crippen LogP contribution in [0.1, 0.15) is 40.3 Å². The molecule has 0 atom stereocenters. The molecule has 1 heterocycles. The number of nitrogens with zero attached hydrogens (tertiary/aromatic N) is 1. The summed E-state index contributed by atoms with van der Waals surface area (Å²) < 4.78 is 10.4. The molecule has 1 rings (SSSR count). The van der Waals surface area contributed by atoms with E-state index in [0.29, 0.717) is 13.2 Å². The lowest BCUT2D eigenvalue weighted by atomic mass is 9.90. The lowest BCUT2D eigenvalue weighted by Crippen LogP contribution is -2.32. The van der Waals surface area contributed by atoms with E-state index >= 15 is 0 Å². The lowest BCUT2D eigenvalue weighted by Gasteiger charge is -2.23. The van der Waals surface area contributed by atoms with Gasteiger partial charge in [0.2, 0.25) is 0 Å². The zero-order valence-electron chi connectivity index (χ0n) is 13.1. The third kappa shape index (κ3) is 4.18. The van der Waals surface area contributed by atoms with Crippen molar-refractivity contribution in [1.29, 1.82) is 0 Å². The molecule has 1 aromatic heterocycles. The molecule has 0 saturated heterocycles. The highest BCUT2D eigenvalue weighted by molar-refractivity contribution is 7.13. The predicted molar refractivity (Wildman–Crippen MR) is 81.4 cm³/mol. The van der Waals surface area contributed by atoms with Crippen molar-refractivity contribution in [2.75, 3.05) is 25.6 Å². The Balaban J connectivity index is 2.74. The van der Waals surface area contributed by atoms with Crippen LogP contribution in [0.15, 0.2) is 5.38 Å². The quantitative estimate of drug-likeness (QED) is 0.785. The molecule has 0 aliphatic carbocycles. The monoisotopic (exact) mass is 300 g/mol. The van der Waals surface area contributed by atoms with Gasteiger partial charge in [-0.2, -0.15) is 0 Å². The molecular weight excluding hydrogens is 276 g/mol. The van der Waals surface area contributed by atoms with Gasteiger partial charge in [-0.1, -0.05) is 0 Å². The molecule has 1 N–H and O–H groups in total. The van der Waals surface area contributed by atoms with Crippen molar-refractivity contribution >= 4 is 22.4 Å². The molecule has 5 nitrogen and oxygen atoms in total. The normalized spacial score (nSPS) is 12.3. The van der Waals surface area contributed by atoms with Gasteiger partial charge in [0.05, 0.1) is 17.9 Å². The summed E-state index contributed by atoms with van der Waals surface area (Å²) in [5, 5.41) is 5.90. The highest BCUT2D eigenvalue weighted by Gasteiger charge is 2.34. The highest BCUT2D eigenvalue weighted by atomic mass is 32.1. The summed E-state index contributed by atoms with van der Waals surface area (Å²) in [6, 6.07) is 0. The second kappa shape index (κ2) is 6.54. The number of esters is 1. The number of carbonyl (C=O) groups is 1. The van der Waals surface area contributed by atoms with Gasteiger partial charge in [0, 0.05) is 19.0 Å². The Morgan fingerprint density at radius 3 is 2.60 bits per heavy atom. The number of rotatable bonds is 7. The number of nitrogens with one attached hydrogen (secondary N) is 1. The molecule has 20 heavy (non-hydrogen) atoms. The second-order valence-electron chi connectivity index (χ2n) is 5.70. The van der Waals surface area contributed by atoms with Gasteiger partial charge in [-0.05, 0) is 34.6 Å². The number of thiazole rings is 1. The van der Waals surface area contributed by atoms with Crippen LogP contribution in [0.3, 0.4) is 0 Å². The third-order valence-electron chi connectivity index (χ3n) is 3.15. The zero-order valence-corrected chi connectivity index (χ0v) is 13.9. The fourth-order valence-corrected chi connectivity index (χ4v) is 2.30. The Kier molecular flexibility index (Phi) is 5.53. The largest absolute Gasteiger partial charge is 0.465 e. The van der Waals surface area contributed by atoms with Crippen molar-refractivity contribution in [2.45, 2.75) is 45.6 Å². The lowest BCUT2D eigenvalue weighted by molar-refractivity contribution is -0.148. The van der Waals surface area contributed by atoms with Crippen molar-refractivity contribution in [3.05, 3.63) is 11.1 Å². The maximum atomic E-state index is 11.9. The first-order chi connectivity index (χ1) is 9.23. The fraction of sp³-hybridized carbons (Fsp3) is 0.714. The Labute approximate surface area is 124 Å². The number of hydrogen-bond acceptors (Lipinski definition) is 6. The molecule has 0 fully saturated rings. The minimum Gasteiger partial charge on any atom is -0.465 e. The summed E-state index contributed by atoms with van der Waals surface area (Å²) in [5.74, 6) is -0.255. The van der Waals surface area contributed by atoms with Gasteiger partial charge >= 0.3 is 5.97 Å². The molecule has 1 aromatic rings. The van der Waals surface area contributed by atoms with Crippen molar-refractivity contribution in [2.24, 2.45) is 0 Å². The topological polar surface area (TPSA) is 60.5 Å². The van der Waals surface area contributed by atoms with Crippen molar-refractivity contribution in [3.63, 3.8) is 0 Å². The number of hydrogen-bond donors (Lipinski definition) is 1. The first-order valence-electron chi connectivity index (χ1n) is 6.65. The summed E-state index contributed by atoms with van der Waals surface area (Å²) in [5.41, 5.74) is -0.273. The van der Waals surface area contributed by atoms with Crippen LogP contribution in [-0.2, 0) is 19.7 Å². The van der Waals surface area contributed by atoms with Gasteiger partial charge in [-0.3, -0.25) is 4.79 Å². The molecule has 114 valence electrons. The van der Waals surface area contributed by atoms with Crippen LogP contribution in [-0.4, -0.2) is 36.8 Å². The van der Waals surface area contributed by atoms with Crippen molar-refractivity contribution in [1.82, 2.24) is 4.98 Å². The maximum Gasteiger partial charge on any atom is 0.317 e. The molecule has 0 amide bonds. The van der Waals surface area contributed by atoms with Gasteiger partial charge in [-0.15, -0.1) is 11.3 Å². The Hall–Kier alpha value is -1.14. The van der Waals surface area contributed by atoms with Crippen LogP contribution < -0.4 is 5.32 Å². The third-order valence-corrected chi connectivity index (χ3v) is 3.95. The molecule has 0 aliphatic rings. The minimum atomic E-state index is -0.733. The zero-order chi connectivity index (χ0) is 15.4. The number of aromatic nitrogens is 1. The molecule has 0 aliphatic heterocycles. The van der Waals surface area contributed by atoms with Gasteiger partial charge in [0.1, 0.15) is 5.41 Å². The summed E-state index contributed by atoms with van der Waals surface area (Å²) in [6.07, 6.45) is 0. The molecule has 0 unspecified atom stereocenters. The van der Waals surface area contributed by atoms with Crippen LogP contribution >= 0.6 is 11.3 Å². The van der Waals surface area contributed by atoms with Gasteiger partial charge in [0.15, 0.2) is 5.13 Å². The summed E-state index contributed by atoms with van der Waals surface area (Å²) in [6.45, 7) is 10.5. The van der Waals surface area contributed by atoms with E-state index in [2.05, 4.69) is 10.3 Å². The smallest absolute Gasteiger partial charge is 0.317 e. The van der Waals surface area contributed by atoms with E-state index in [4.69, 9.17) is 9.47 Å². The second-order valence-corrected chi connectivity index (χ2v) is 6.56. The van der Waals surface area contributed by atoms with Crippen LogP contribution in [0.2, 0.25) is 0 Å². The van der Waals surface area contributed by atoms with Gasteiger partial charge in [0.25, 0.3) is 0 Å². The van der Waals surface area contributed by atoms with Crippen LogP contribution in [0.5, 0.6) is 0 Å². The Morgan fingerprint density at radius 2 is 2.05 bits per heavy atom. The average molecular weight is 300 g/mol. The summed E-state index contributed by atoms with van der Waals surface area (Å²) in [4.78, 5) is 16.4. The fourth-order valence-electron chi connectivity index (χ4n) is 1.42. The SMILES string of the molecule is CCOC(=O)C(C)(C)c1csc(NCC(C)(C)OC)n1. The summed E-state index contributed by atoms with van der Waals surface area (Å²) in [7, 11) is 1.68. The molecule has 0 saturated carbocycles. The van der Waals surface area contributed by atoms with E-state index < -0.39 is 5.41 Å². The number of carbonyl (C=O) groups excluding carboxylic acids is 1. The van der Waals surface area contributed by atoms with Gasteiger partial charge < -0.3 is 14.8 Å². The van der Waals surface area contributed by atoms with E-state index in [1.165, 1.54) is 11.3 Å². The summed E-state index contributed by atoms with van der Waals surface area (Å²) >= 11 is 1.48. The Morgan fingerprint density at radius 1 is 1.40 bits per heavy atom. The average Bonchev–Trinajstić information content (AvgIpc) is 2.86.